The fraction of sp³-hybridized carbons (Fsp3) is 0.391. The van der Waals surface area contributed by atoms with Crippen LogP contribution in [0.3, 0.4) is 0 Å². The molecule has 0 amide bonds. The lowest BCUT2D eigenvalue weighted by Crippen LogP contribution is -2.33. The van der Waals surface area contributed by atoms with E-state index in [0.29, 0.717) is 6.04 Å². The van der Waals surface area contributed by atoms with Gasteiger partial charge in [-0.15, -0.1) is 0 Å². The van der Waals surface area contributed by atoms with Crippen molar-refractivity contribution < 1.29 is 5.11 Å². The Morgan fingerprint density at radius 3 is 2.61 bits per heavy atom. The topological polar surface area (TPSA) is 28.4 Å². The predicted molar refractivity (Wildman–Crippen MR) is 128 cm³/mol. The number of nitrogens with zero attached hydrogens (tertiary/aromatic N) is 2. The zero-order valence-corrected chi connectivity index (χ0v) is 19.5. The molecule has 1 N–H and O–H groups in total. The Morgan fingerprint density at radius 2 is 1.89 bits per heavy atom. The second kappa shape index (κ2) is 8.78. The Kier molecular flexibility index (Phi) is 6.35. The van der Waals surface area contributed by atoms with Crippen molar-refractivity contribution in [1.29, 1.82) is 0 Å². The summed E-state index contributed by atoms with van der Waals surface area (Å²) in [6.07, 6.45) is 5.95. The van der Waals surface area contributed by atoms with E-state index in [-0.39, 0.29) is 6.61 Å². The summed E-state index contributed by atoms with van der Waals surface area (Å²) in [4.78, 5) is 2.66. The van der Waals surface area contributed by atoms with Crippen molar-refractivity contribution in [3.63, 3.8) is 0 Å². The Morgan fingerprint density at radius 1 is 1.11 bits per heavy atom. The molecule has 1 unspecified atom stereocenters. The van der Waals surface area contributed by atoms with E-state index in [1.165, 1.54) is 52.4 Å². The summed E-state index contributed by atoms with van der Waals surface area (Å²) < 4.78 is 2.27. The van der Waals surface area contributed by atoms with Crippen molar-refractivity contribution in [3.8, 4) is 0 Å². The Balaban J connectivity index is 1.69. The number of hydrogen-bond acceptors (Lipinski definition) is 3. The zero-order valence-electron chi connectivity index (χ0n) is 16.5. The smallest absolute Gasteiger partial charge is 0.0681 e. The van der Waals surface area contributed by atoms with Crippen LogP contribution in [0.5, 0.6) is 0 Å². The number of fused-ring (bicyclic) bond motifs is 1. The van der Waals surface area contributed by atoms with E-state index >= 15 is 0 Å². The standard InChI is InChI=1S/C23H27IN2OS/c1-16-13-17(2)23-20(10-12-26(23)28-24)21(16)14-25-11-4-3-5-22(25)19-8-6-18(15-27)7-9-19/h6-10,12-13,22,27H,3-5,11,14-15H2,1-2H3. The number of piperidine rings is 1. The highest BCUT2D eigenvalue weighted by molar-refractivity contribution is 14.2. The molecule has 1 aromatic heterocycles. The molecule has 2 aromatic carbocycles. The molecule has 28 heavy (non-hydrogen) atoms. The molecule has 3 aromatic rings. The van der Waals surface area contributed by atoms with E-state index in [1.807, 2.05) is 0 Å². The van der Waals surface area contributed by atoms with Gasteiger partial charge in [-0.2, -0.15) is 0 Å². The van der Waals surface area contributed by atoms with Gasteiger partial charge in [0.05, 0.1) is 12.1 Å². The van der Waals surface area contributed by atoms with Crippen LogP contribution in [0, 0.1) is 13.8 Å². The highest BCUT2D eigenvalue weighted by Crippen LogP contribution is 2.36. The fourth-order valence-electron chi connectivity index (χ4n) is 4.61. The van der Waals surface area contributed by atoms with Crippen molar-refractivity contribution in [2.45, 2.75) is 52.3 Å². The first-order chi connectivity index (χ1) is 13.6. The Labute approximate surface area is 183 Å². The summed E-state index contributed by atoms with van der Waals surface area (Å²) in [6, 6.07) is 13.6. The molecular formula is C23H27IN2OS. The van der Waals surface area contributed by atoms with Gasteiger partial charge in [0.15, 0.2) is 0 Å². The number of benzene rings is 2. The van der Waals surface area contributed by atoms with E-state index in [4.69, 9.17) is 0 Å². The Hall–Kier alpha value is -1.02. The van der Waals surface area contributed by atoms with Gasteiger partial charge < -0.3 is 5.11 Å². The maximum absolute atomic E-state index is 9.35. The lowest BCUT2D eigenvalue weighted by Gasteiger charge is -2.36. The van der Waals surface area contributed by atoms with Crippen LogP contribution in [-0.2, 0) is 13.2 Å². The molecule has 0 aliphatic carbocycles. The molecule has 1 aliphatic rings. The lowest BCUT2D eigenvalue weighted by molar-refractivity contribution is 0.140. The first-order valence-corrected chi connectivity index (χ1v) is 13.3. The molecule has 0 radical (unpaired) electrons. The first-order valence-electron chi connectivity index (χ1n) is 9.95. The molecule has 1 fully saturated rings. The summed E-state index contributed by atoms with van der Waals surface area (Å²) >= 11 is 2.36. The quantitative estimate of drug-likeness (QED) is 0.411. The van der Waals surface area contributed by atoms with Crippen LogP contribution in [0.4, 0.5) is 0 Å². The third-order valence-corrected chi connectivity index (χ3v) is 7.78. The molecule has 4 rings (SSSR count). The summed E-state index contributed by atoms with van der Waals surface area (Å²) in [6.45, 7) is 6.72. The highest BCUT2D eigenvalue weighted by atomic mass is 127. The molecule has 0 spiro atoms. The van der Waals surface area contributed by atoms with Gasteiger partial charge in [-0.1, -0.05) is 36.8 Å². The number of aliphatic hydroxyl groups is 1. The highest BCUT2D eigenvalue weighted by Gasteiger charge is 2.25. The van der Waals surface area contributed by atoms with E-state index in [1.54, 1.807) is 9.12 Å². The second-order valence-corrected chi connectivity index (χ2v) is 9.56. The number of hydrogen-bond donors (Lipinski definition) is 1. The molecule has 0 saturated carbocycles. The molecule has 0 bridgehead atoms. The number of halogens is 1. The van der Waals surface area contributed by atoms with Gasteiger partial charge >= 0.3 is 0 Å². The zero-order chi connectivity index (χ0) is 19.7. The van der Waals surface area contributed by atoms with Crippen molar-refractivity contribution in [2.75, 3.05) is 6.54 Å². The average molecular weight is 506 g/mol. The largest absolute Gasteiger partial charge is 0.392 e. The number of likely N-dealkylation sites (tertiary alicyclic amines) is 1. The summed E-state index contributed by atoms with van der Waals surface area (Å²) in [5.74, 6) is 0. The lowest BCUT2D eigenvalue weighted by atomic mass is 9.92. The maximum Gasteiger partial charge on any atom is 0.0681 e. The van der Waals surface area contributed by atoms with Crippen molar-refractivity contribution in [1.82, 2.24) is 8.87 Å². The van der Waals surface area contributed by atoms with E-state index in [0.717, 1.165) is 18.7 Å². The van der Waals surface area contributed by atoms with Crippen molar-refractivity contribution in [2.24, 2.45) is 0 Å². The van der Waals surface area contributed by atoms with Crippen LogP contribution >= 0.6 is 30.3 Å². The molecule has 2 heterocycles. The number of aliphatic hydroxyl groups excluding tert-OH is 1. The number of aromatic nitrogens is 1. The first kappa shape index (κ1) is 20.3. The summed E-state index contributed by atoms with van der Waals surface area (Å²) in [5.41, 5.74) is 7.91. The van der Waals surface area contributed by atoms with Crippen LogP contribution < -0.4 is 0 Å². The summed E-state index contributed by atoms with van der Waals surface area (Å²) in [5, 5.41) is 10.7. The molecule has 148 valence electrons. The molecule has 5 heteroatoms. The second-order valence-electron chi connectivity index (χ2n) is 7.84. The van der Waals surface area contributed by atoms with Gasteiger partial charge in [-0.3, -0.25) is 8.87 Å². The molecule has 1 atom stereocenters. The number of aryl methyl sites for hydroxylation is 2. The van der Waals surface area contributed by atoms with Gasteiger partial charge in [-0.25, -0.2) is 0 Å². The van der Waals surface area contributed by atoms with Crippen LogP contribution in [0.1, 0.15) is 53.1 Å². The molecule has 1 aliphatic heterocycles. The van der Waals surface area contributed by atoms with Gasteiger partial charge in [0, 0.05) is 54.5 Å². The predicted octanol–water partition coefficient (Wildman–Crippen LogP) is 6.32. The fourth-order valence-corrected chi connectivity index (χ4v) is 6.01. The van der Waals surface area contributed by atoms with Crippen LogP contribution in [0.2, 0.25) is 0 Å². The van der Waals surface area contributed by atoms with Gasteiger partial charge in [0.1, 0.15) is 0 Å². The van der Waals surface area contributed by atoms with E-state index in [2.05, 4.69) is 86.5 Å². The average Bonchev–Trinajstić information content (AvgIpc) is 3.16. The SMILES string of the molecule is Cc1cc(C)c2c(ccn2SI)c1CN1CCCCC1c1ccc(CO)cc1. The van der Waals surface area contributed by atoms with Crippen molar-refractivity contribution >= 4 is 41.2 Å². The molecule has 3 nitrogen and oxygen atoms in total. The van der Waals surface area contributed by atoms with Crippen LogP contribution in [0.15, 0.2) is 42.6 Å². The third kappa shape index (κ3) is 3.86. The minimum Gasteiger partial charge on any atom is -0.392 e. The van der Waals surface area contributed by atoms with Gasteiger partial charge in [-0.05, 0) is 67.1 Å². The monoisotopic (exact) mass is 506 g/mol. The van der Waals surface area contributed by atoms with E-state index < -0.39 is 0 Å². The normalized spacial score (nSPS) is 18.1. The minimum absolute atomic E-state index is 0.112. The molecule has 1 saturated heterocycles. The van der Waals surface area contributed by atoms with Crippen molar-refractivity contribution in [3.05, 3.63) is 70.4 Å². The Bertz CT molecular complexity index is 967. The van der Waals surface area contributed by atoms with Gasteiger partial charge in [0.2, 0.25) is 0 Å². The van der Waals surface area contributed by atoms with E-state index in [9.17, 15) is 5.11 Å². The third-order valence-electron chi connectivity index (χ3n) is 6.06. The summed E-state index contributed by atoms with van der Waals surface area (Å²) in [7, 11) is 1.73. The van der Waals surface area contributed by atoms with Crippen LogP contribution in [0.25, 0.3) is 10.9 Å². The maximum atomic E-state index is 9.35. The number of rotatable bonds is 5. The van der Waals surface area contributed by atoms with Crippen LogP contribution in [-0.4, -0.2) is 20.5 Å². The minimum atomic E-state index is 0.112. The van der Waals surface area contributed by atoms with Gasteiger partial charge in [0.25, 0.3) is 0 Å². The molecular weight excluding hydrogens is 479 g/mol.